The zero-order valence-electron chi connectivity index (χ0n) is 10.3. The van der Waals surface area contributed by atoms with E-state index in [1.165, 1.54) is 0 Å². The van der Waals surface area contributed by atoms with Crippen molar-refractivity contribution in [2.45, 2.75) is 12.2 Å². The molecule has 0 bridgehead atoms. The molecular weight excluding hydrogens is 286 g/mol. The minimum absolute atomic E-state index is 0.0282. The van der Waals surface area contributed by atoms with Crippen LogP contribution in [0.1, 0.15) is 11.6 Å². The molecule has 0 unspecified atom stereocenters. The summed E-state index contributed by atoms with van der Waals surface area (Å²) in [4.78, 5) is 0.900. The van der Waals surface area contributed by atoms with E-state index in [-0.39, 0.29) is 26.2 Å². The number of hydrogen-bond donors (Lipinski definition) is 1. The molecule has 20 heavy (non-hydrogen) atoms. The SMILES string of the molecule is Fc1ccc(F)c([C@@H](N2CCNCC2)C(F)(F)F)c1F. The monoisotopic (exact) mass is 298 g/mol. The summed E-state index contributed by atoms with van der Waals surface area (Å²) in [6.45, 7) is 0.482. The highest BCUT2D eigenvalue weighted by atomic mass is 19.4. The van der Waals surface area contributed by atoms with Crippen LogP contribution in [0.25, 0.3) is 0 Å². The van der Waals surface area contributed by atoms with Crippen LogP contribution in [0.5, 0.6) is 0 Å². The largest absolute Gasteiger partial charge is 0.408 e. The van der Waals surface area contributed by atoms with Gasteiger partial charge in [-0.1, -0.05) is 0 Å². The van der Waals surface area contributed by atoms with Gasteiger partial charge in [-0.3, -0.25) is 4.90 Å². The van der Waals surface area contributed by atoms with Gasteiger partial charge in [0.05, 0.1) is 5.56 Å². The van der Waals surface area contributed by atoms with Gasteiger partial charge in [0.1, 0.15) is 11.9 Å². The molecular formula is C12H12F6N2. The molecule has 8 heteroatoms. The number of halogens is 6. The van der Waals surface area contributed by atoms with Gasteiger partial charge < -0.3 is 5.32 Å². The number of hydrogen-bond acceptors (Lipinski definition) is 2. The molecule has 0 aromatic heterocycles. The van der Waals surface area contributed by atoms with Crippen LogP contribution in [0.4, 0.5) is 26.3 Å². The highest BCUT2D eigenvalue weighted by molar-refractivity contribution is 5.26. The van der Waals surface area contributed by atoms with E-state index < -0.39 is 35.2 Å². The minimum atomic E-state index is -4.90. The summed E-state index contributed by atoms with van der Waals surface area (Å²) in [7, 11) is 0. The quantitative estimate of drug-likeness (QED) is 0.667. The molecule has 0 spiro atoms. The number of benzene rings is 1. The highest BCUT2D eigenvalue weighted by Crippen LogP contribution is 2.40. The molecule has 2 nitrogen and oxygen atoms in total. The van der Waals surface area contributed by atoms with Crippen LogP contribution in [-0.2, 0) is 0 Å². The van der Waals surface area contributed by atoms with Gasteiger partial charge in [0.25, 0.3) is 0 Å². The van der Waals surface area contributed by atoms with E-state index >= 15 is 0 Å². The predicted molar refractivity (Wildman–Crippen MR) is 59.6 cm³/mol. The summed E-state index contributed by atoms with van der Waals surface area (Å²) < 4.78 is 79.9. The second-order valence-electron chi connectivity index (χ2n) is 4.49. The maximum absolute atomic E-state index is 13.6. The van der Waals surface area contributed by atoms with E-state index in [4.69, 9.17) is 0 Å². The molecule has 1 N–H and O–H groups in total. The van der Waals surface area contributed by atoms with Crippen molar-refractivity contribution < 1.29 is 26.3 Å². The van der Waals surface area contributed by atoms with E-state index in [0.29, 0.717) is 12.1 Å². The van der Waals surface area contributed by atoms with Crippen LogP contribution in [-0.4, -0.2) is 37.3 Å². The topological polar surface area (TPSA) is 15.3 Å². The first-order valence-electron chi connectivity index (χ1n) is 5.97. The molecule has 1 aliphatic rings. The molecule has 112 valence electrons. The molecule has 0 saturated carbocycles. The lowest BCUT2D eigenvalue weighted by Crippen LogP contribution is -2.49. The Morgan fingerprint density at radius 1 is 1.00 bits per heavy atom. The zero-order chi connectivity index (χ0) is 14.9. The first-order valence-corrected chi connectivity index (χ1v) is 5.97. The summed E-state index contributed by atoms with van der Waals surface area (Å²) in [5, 5.41) is 2.84. The Bertz CT molecular complexity index is 482. The molecule has 1 saturated heterocycles. The van der Waals surface area contributed by atoms with Crippen molar-refractivity contribution in [3.8, 4) is 0 Å². The standard InChI is InChI=1S/C12H12F6N2/c13-7-1-2-8(14)10(15)9(7)11(12(16,17)18)20-5-3-19-4-6-20/h1-2,11,19H,3-6H2/t11-/m1/s1. The maximum atomic E-state index is 13.6. The summed E-state index contributed by atoms with van der Waals surface area (Å²) >= 11 is 0. The van der Waals surface area contributed by atoms with Crippen molar-refractivity contribution in [3.63, 3.8) is 0 Å². The number of piperazine rings is 1. The average molecular weight is 298 g/mol. The minimum Gasteiger partial charge on any atom is -0.314 e. The summed E-state index contributed by atoms with van der Waals surface area (Å²) in [5.41, 5.74) is -1.28. The number of nitrogens with zero attached hydrogens (tertiary/aromatic N) is 1. The average Bonchev–Trinajstić information content (AvgIpc) is 2.39. The van der Waals surface area contributed by atoms with Gasteiger partial charge in [0, 0.05) is 26.2 Å². The van der Waals surface area contributed by atoms with Gasteiger partial charge in [-0.05, 0) is 12.1 Å². The molecule has 2 rings (SSSR count). The van der Waals surface area contributed by atoms with Crippen LogP contribution in [0.3, 0.4) is 0 Å². The molecule has 1 aromatic carbocycles. The molecule has 1 heterocycles. The molecule has 1 atom stereocenters. The molecule has 0 amide bonds. The van der Waals surface area contributed by atoms with E-state index in [1.54, 1.807) is 0 Å². The Balaban J connectivity index is 2.49. The fraction of sp³-hybridized carbons (Fsp3) is 0.500. The second-order valence-corrected chi connectivity index (χ2v) is 4.49. The third-order valence-corrected chi connectivity index (χ3v) is 3.18. The Labute approximate surface area is 111 Å². The third-order valence-electron chi connectivity index (χ3n) is 3.18. The lowest BCUT2D eigenvalue weighted by atomic mass is 10.0. The smallest absolute Gasteiger partial charge is 0.314 e. The Hall–Kier alpha value is -1.28. The van der Waals surface area contributed by atoms with E-state index in [1.807, 2.05) is 0 Å². The molecule has 1 fully saturated rings. The first-order chi connectivity index (χ1) is 9.32. The predicted octanol–water partition coefficient (Wildman–Crippen LogP) is 2.61. The fourth-order valence-electron chi connectivity index (χ4n) is 2.29. The van der Waals surface area contributed by atoms with Gasteiger partial charge in [0.2, 0.25) is 0 Å². The van der Waals surface area contributed by atoms with E-state index in [2.05, 4.69) is 5.32 Å². The van der Waals surface area contributed by atoms with Crippen LogP contribution in [0, 0.1) is 17.5 Å². The lowest BCUT2D eigenvalue weighted by Gasteiger charge is -2.36. The van der Waals surface area contributed by atoms with Crippen LogP contribution in [0.15, 0.2) is 12.1 Å². The van der Waals surface area contributed by atoms with Crippen molar-refractivity contribution in [3.05, 3.63) is 35.1 Å². The second kappa shape index (κ2) is 5.61. The Morgan fingerprint density at radius 2 is 1.55 bits per heavy atom. The maximum Gasteiger partial charge on any atom is 0.408 e. The van der Waals surface area contributed by atoms with Gasteiger partial charge in [-0.25, -0.2) is 13.2 Å². The van der Waals surface area contributed by atoms with Gasteiger partial charge in [0.15, 0.2) is 11.6 Å². The van der Waals surface area contributed by atoms with Crippen molar-refractivity contribution in [1.82, 2.24) is 10.2 Å². The lowest BCUT2D eigenvalue weighted by molar-refractivity contribution is -0.189. The molecule has 0 aliphatic carbocycles. The fourth-order valence-corrected chi connectivity index (χ4v) is 2.29. The normalized spacial score (nSPS) is 19.1. The molecule has 0 radical (unpaired) electrons. The summed E-state index contributed by atoms with van der Waals surface area (Å²) in [6, 6.07) is -1.51. The van der Waals surface area contributed by atoms with Crippen LogP contribution >= 0.6 is 0 Å². The van der Waals surface area contributed by atoms with Crippen LogP contribution < -0.4 is 5.32 Å². The number of rotatable bonds is 2. The van der Waals surface area contributed by atoms with Crippen molar-refractivity contribution in [1.29, 1.82) is 0 Å². The van der Waals surface area contributed by atoms with Crippen molar-refractivity contribution in [2.24, 2.45) is 0 Å². The first kappa shape index (κ1) is 15.1. The zero-order valence-corrected chi connectivity index (χ0v) is 10.3. The summed E-state index contributed by atoms with van der Waals surface area (Å²) in [6.07, 6.45) is -4.90. The summed E-state index contributed by atoms with van der Waals surface area (Å²) in [5.74, 6) is -4.68. The Morgan fingerprint density at radius 3 is 2.10 bits per heavy atom. The number of nitrogens with one attached hydrogen (secondary N) is 1. The number of alkyl halides is 3. The van der Waals surface area contributed by atoms with Crippen molar-refractivity contribution in [2.75, 3.05) is 26.2 Å². The van der Waals surface area contributed by atoms with E-state index in [9.17, 15) is 26.3 Å². The third kappa shape index (κ3) is 2.90. The van der Waals surface area contributed by atoms with Gasteiger partial charge >= 0.3 is 6.18 Å². The van der Waals surface area contributed by atoms with E-state index in [0.717, 1.165) is 4.90 Å². The van der Waals surface area contributed by atoms with Crippen molar-refractivity contribution >= 4 is 0 Å². The van der Waals surface area contributed by atoms with Gasteiger partial charge in [-0.2, -0.15) is 13.2 Å². The Kier molecular flexibility index (Phi) is 4.24. The molecule has 1 aromatic rings. The van der Waals surface area contributed by atoms with Crippen LogP contribution in [0.2, 0.25) is 0 Å². The highest BCUT2D eigenvalue weighted by Gasteiger charge is 2.48. The molecule has 1 aliphatic heterocycles. The van der Waals surface area contributed by atoms with Gasteiger partial charge in [-0.15, -0.1) is 0 Å².